The van der Waals surface area contributed by atoms with Crippen LogP contribution in [-0.4, -0.2) is 46.5 Å². The molecule has 21 heavy (non-hydrogen) atoms. The maximum absolute atomic E-state index is 12.7. The van der Waals surface area contributed by atoms with E-state index in [2.05, 4.69) is 11.9 Å². The molecule has 0 radical (unpaired) electrons. The molecule has 0 aromatic carbocycles. The van der Waals surface area contributed by atoms with Crippen molar-refractivity contribution in [3.63, 3.8) is 0 Å². The van der Waals surface area contributed by atoms with Gasteiger partial charge in [-0.3, -0.25) is 4.79 Å². The van der Waals surface area contributed by atoms with Gasteiger partial charge in [-0.05, 0) is 37.7 Å². The van der Waals surface area contributed by atoms with Gasteiger partial charge in [-0.25, -0.2) is 4.98 Å². The Balaban J connectivity index is 2.11. The number of rotatable bonds is 7. The second-order valence-corrected chi connectivity index (χ2v) is 6.35. The van der Waals surface area contributed by atoms with Crippen molar-refractivity contribution in [1.82, 2.24) is 9.88 Å². The second-order valence-electron chi connectivity index (χ2n) is 5.20. The van der Waals surface area contributed by atoms with Gasteiger partial charge in [0, 0.05) is 25.0 Å². The standard InChI is InChI=1S/C16H24N2O2S/c1-3-5-10-18(4-2)16(19)14-7-6-9-17-15(14)20-13-8-11-21-12-13/h6-7,9,13H,3-5,8,10-12H2,1-2H3. The topological polar surface area (TPSA) is 42.4 Å². The lowest BCUT2D eigenvalue weighted by molar-refractivity contribution is 0.0754. The predicted octanol–water partition coefficient (Wildman–Crippen LogP) is 3.23. The summed E-state index contributed by atoms with van der Waals surface area (Å²) >= 11 is 1.89. The van der Waals surface area contributed by atoms with Crippen LogP contribution in [0.4, 0.5) is 0 Å². The van der Waals surface area contributed by atoms with Crippen LogP contribution in [0.5, 0.6) is 5.88 Å². The zero-order chi connectivity index (χ0) is 15.1. The van der Waals surface area contributed by atoms with Gasteiger partial charge in [0.15, 0.2) is 0 Å². The molecule has 1 aromatic heterocycles. The maximum atomic E-state index is 12.7. The van der Waals surface area contributed by atoms with Crippen LogP contribution in [0.15, 0.2) is 18.3 Å². The minimum absolute atomic E-state index is 0.0275. The molecule has 1 atom stereocenters. The van der Waals surface area contributed by atoms with Crippen LogP contribution < -0.4 is 4.74 Å². The molecule has 1 saturated heterocycles. The number of unbranched alkanes of at least 4 members (excludes halogenated alkanes) is 1. The minimum atomic E-state index is 0.0275. The lowest BCUT2D eigenvalue weighted by Crippen LogP contribution is -2.32. The summed E-state index contributed by atoms with van der Waals surface area (Å²) in [6.07, 6.45) is 5.01. The SMILES string of the molecule is CCCCN(CC)C(=O)c1cccnc1OC1CCSC1. The van der Waals surface area contributed by atoms with Gasteiger partial charge in [0.2, 0.25) is 5.88 Å². The average molecular weight is 308 g/mol. The van der Waals surface area contributed by atoms with Gasteiger partial charge in [-0.2, -0.15) is 11.8 Å². The van der Waals surface area contributed by atoms with Gasteiger partial charge in [0.25, 0.3) is 5.91 Å². The number of ether oxygens (including phenoxy) is 1. The van der Waals surface area contributed by atoms with Gasteiger partial charge < -0.3 is 9.64 Å². The Morgan fingerprint density at radius 2 is 2.38 bits per heavy atom. The fourth-order valence-electron chi connectivity index (χ4n) is 2.33. The molecular formula is C16H24N2O2S. The summed E-state index contributed by atoms with van der Waals surface area (Å²) in [6.45, 7) is 5.65. The molecule has 4 nitrogen and oxygen atoms in total. The molecule has 1 fully saturated rings. The normalized spacial score (nSPS) is 17.7. The molecule has 0 saturated carbocycles. The maximum Gasteiger partial charge on any atom is 0.259 e. The molecular weight excluding hydrogens is 284 g/mol. The smallest absolute Gasteiger partial charge is 0.259 e. The molecule has 5 heteroatoms. The first-order valence-corrected chi connectivity index (χ1v) is 8.90. The second kappa shape index (κ2) is 8.27. The molecule has 1 aliphatic rings. The van der Waals surface area contributed by atoms with Crippen LogP contribution in [0.25, 0.3) is 0 Å². The van der Waals surface area contributed by atoms with Crippen molar-refractivity contribution in [2.45, 2.75) is 39.2 Å². The number of thioether (sulfide) groups is 1. The average Bonchev–Trinajstić information content (AvgIpc) is 3.01. The fraction of sp³-hybridized carbons (Fsp3) is 0.625. The third-order valence-corrected chi connectivity index (χ3v) is 4.75. The fourth-order valence-corrected chi connectivity index (χ4v) is 3.43. The number of nitrogens with zero attached hydrogens (tertiary/aromatic N) is 2. The molecule has 1 unspecified atom stereocenters. The molecule has 0 N–H and O–H groups in total. The molecule has 1 amide bonds. The van der Waals surface area contributed by atoms with Crippen molar-refractivity contribution >= 4 is 17.7 Å². The number of hydrogen-bond acceptors (Lipinski definition) is 4. The quantitative estimate of drug-likeness (QED) is 0.775. The largest absolute Gasteiger partial charge is 0.473 e. The lowest BCUT2D eigenvalue weighted by Gasteiger charge is -2.22. The summed E-state index contributed by atoms with van der Waals surface area (Å²) in [5.74, 6) is 2.63. The Bertz CT molecular complexity index is 461. The van der Waals surface area contributed by atoms with E-state index < -0.39 is 0 Å². The number of aromatic nitrogens is 1. The van der Waals surface area contributed by atoms with E-state index in [0.29, 0.717) is 18.0 Å². The van der Waals surface area contributed by atoms with Gasteiger partial charge in [0.05, 0.1) is 0 Å². The highest BCUT2D eigenvalue weighted by atomic mass is 32.2. The predicted molar refractivity (Wildman–Crippen MR) is 87.1 cm³/mol. The van der Waals surface area contributed by atoms with Crippen LogP contribution in [0.1, 0.15) is 43.5 Å². The van der Waals surface area contributed by atoms with E-state index in [0.717, 1.165) is 37.3 Å². The third kappa shape index (κ3) is 4.37. The molecule has 0 aliphatic carbocycles. The number of amides is 1. The summed E-state index contributed by atoms with van der Waals surface area (Å²) in [5, 5.41) is 0. The Labute approximate surface area is 131 Å². The first-order chi connectivity index (χ1) is 10.3. The van der Waals surface area contributed by atoms with Crippen LogP contribution in [-0.2, 0) is 0 Å². The highest BCUT2D eigenvalue weighted by molar-refractivity contribution is 7.99. The summed E-state index contributed by atoms with van der Waals surface area (Å²) in [6, 6.07) is 3.62. The van der Waals surface area contributed by atoms with E-state index >= 15 is 0 Å². The lowest BCUT2D eigenvalue weighted by atomic mass is 10.2. The third-order valence-electron chi connectivity index (χ3n) is 3.62. The molecule has 1 aliphatic heterocycles. The Morgan fingerprint density at radius 1 is 1.52 bits per heavy atom. The molecule has 0 bridgehead atoms. The van der Waals surface area contributed by atoms with Crippen molar-refractivity contribution in [2.24, 2.45) is 0 Å². The van der Waals surface area contributed by atoms with Crippen molar-refractivity contribution in [3.8, 4) is 5.88 Å². The highest BCUT2D eigenvalue weighted by Crippen LogP contribution is 2.25. The first-order valence-electron chi connectivity index (χ1n) is 7.75. The minimum Gasteiger partial charge on any atom is -0.473 e. The van der Waals surface area contributed by atoms with Gasteiger partial charge in [0.1, 0.15) is 11.7 Å². The van der Waals surface area contributed by atoms with E-state index in [1.807, 2.05) is 29.7 Å². The van der Waals surface area contributed by atoms with Crippen LogP contribution in [0.3, 0.4) is 0 Å². The summed E-state index contributed by atoms with van der Waals surface area (Å²) in [4.78, 5) is 18.8. The van der Waals surface area contributed by atoms with Gasteiger partial charge in [-0.15, -0.1) is 0 Å². The van der Waals surface area contributed by atoms with Crippen LogP contribution in [0, 0.1) is 0 Å². The van der Waals surface area contributed by atoms with Crippen molar-refractivity contribution in [2.75, 3.05) is 24.6 Å². The zero-order valence-corrected chi connectivity index (χ0v) is 13.7. The Kier molecular flexibility index (Phi) is 6.36. The van der Waals surface area contributed by atoms with Crippen molar-refractivity contribution < 1.29 is 9.53 Å². The van der Waals surface area contributed by atoms with Crippen molar-refractivity contribution in [3.05, 3.63) is 23.9 Å². The number of carbonyl (C=O) groups is 1. The molecule has 2 heterocycles. The molecule has 2 rings (SSSR count). The number of hydrogen-bond donors (Lipinski definition) is 0. The van der Waals surface area contributed by atoms with Gasteiger partial charge in [-0.1, -0.05) is 13.3 Å². The van der Waals surface area contributed by atoms with E-state index in [9.17, 15) is 4.79 Å². The molecule has 0 spiro atoms. The van der Waals surface area contributed by atoms with Crippen molar-refractivity contribution in [1.29, 1.82) is 0 Å². The Morgan fingerprint density at radius 3 is 3.05 bits per heavy atom. The van der Waals surface area contributed by atoms with Gasteiger partial charge >= 0.3 is 0 Å². The summed E-state index contributed by atoms with van der Waals surface area (Å²) in [5.41, 5.74) is 0.590. The van der Waals surface area contributed by atoms with Crippen LogP contribution in [0.2, 0.25) is 0 Å². The monoisotopic (exact) mass is 308 g/mol. The summed E-state index contributed by atoms with van der Waals surface area (Å²) < 4.78 is 5.95. The van der Waals surface area contributed by atoms with Crippen LogP contribution >= 0.6 is 11.8 Å². The number of carbonyl (C=O) groups excluding carboxylic acids is 1. The van der Waals surface area contributed by atoms with E-state index in [1.54, 1.807) is 12.3 Å². The van der Waals surface area contributed by atoms with E-state index in [-0.39, 0.29) is 12.0 Å². The molecule has 116 valence electrons. The number of pyridine rings is 1. The molecule has 1 aromatic rings. The van der Waals surface area contributed by atoms with E-state index in [1.165, 1.54) is 0 Å². The Hall–Kier alpha value is -1.23. The first kappa shape index (κ1) is 16.1. The highest BCUT2D eigenvalue weighted by Gasteiger charge is 2.23. The van der Waals surface area contributed by atoms with E-state index in [4.69, 9.17) is 4.74 Å². The summed E-state index contributed by atoms with van der Waals surface area (Å²) in [7, 11) is 0. The zero-order valence-electron chi connectivity index (χ0n) is 12.9.